The number of rotatable bonds is 3. The highest BCUT2D eigenvalue weighted by molar-refractivity contribution is 14.0. The third kappa shape index (κ3) is 3.70. The van der Waals surface area contributed by atoms with E-state index < -0.39 is 0 Å². The van der Waals surface area contributed by atoms with E-state index >= 15 is 0 Å². The van der Waals surface area contributed by atoms with Gasteiger partial charge in [0.2, 0.25) is 0 Å². The molecule has 0 atom stereocenters. The first-order valence-corrected chi connectivity index (χ1v) is 3.43. The van der Waals surface area contributed by atoms with Crippen LogP contribution in [0.1, 0.15) is 39.0 Å². The molecule has 1 fully saturated rings. The van der Waals surface area contributed by atoms with Crippen LogP contribution in [0.25, 0.3) is 0 Å². The molecule has 8 heavy (non-hydrogen) atoms. The molecule has 1 rings (SSSR count). The number of hydrogen-bond donors (Lipinski definition) is 0. The van der Waals surface area contributed by atoms with Crippen molar-refractivity contribution in [2.75, 3.05) is 0 Å². The van der Waals surface area contributed by atoms with Crippen LogP contribution in [-0.2, 0) is 0 Å². The Morgan fingerprint density at radius 1 is 1.38 bits per heavy atom. The van der Waals surface area contributed by atoms with Gasteiger partial charge in [0.15, 0.2) is 0 Å². The van der Waals surface area contributed by atoms with Gasteiger partial charge in [0.25, 0.3) is 0 Å². The Morgan fingerprint density at radius 3 is 2.38 bits per heavy atom. The molecule has 50 valence electrons. The SMILES string of the molecule is CCCCC1CC1.I. The first-order chi connectivity index (χ1) is 3.43. The Labute approximate surface area is 69.1 Å². The second-order valence-electron chi connectivity index (χ2n) is 2.59. The second kappa shape index (κ2) is 4.59. The summed E-state index contributed by atoms with van der Waals surface area (Å²) in [6, 6.07) is 0. The van der Waals surface area contributed by atoms with E-state index in [1.807, 2.05) is 0 Å². The third-order valence-electron chi connectivity index (χ3n) is 1.66. The first-order valence-electron chi connectivity index (χ1n) is 3.43. The molecule has 0 radical (unpaired) electrons. The molecule has 0 N–H and O–H groups in total. The van der Waals surface area contributed by atoms with E-state index in [0.717, 1.165) is 5.92 Å². The fourth-order valence-electron chi connectivity index (χ4n) is 0.899. The van der Waals surface area contributed by atoms with E-state index in [4.69, 9.17) is 0 Å². The van der Waals surface area contributed by atoms with Crippen molar-refractivity contribution in [1.82, 2.24) is 0 Å². The summed E-state index contributed by atoms with van der Waals surface area (Å²) in [7, 11) is 0. The molecule has 0 saturated heterocycles. The molecule has 0 nitrogen and oxygen atoms in total. The average Bonchev–Trinajstić information content (AvgIpc) is 2.42. The maximum atomic E-state index is 2.27. The fourth-order valence-corrected chi connectivity index (χ4v) is 0.899. The highest BCUT2D eigenvalue weighted by Crippen LogP contribution is 2.33. The average molecular weight is 226 g/mol. The van der Waals surface area contributed by atoms with Crippen LogP contribution < -0.4 is 0 Å². The summed E-state index contributed by atoms with van der Waals surface area (Å²) in [5.74, 6) is 1.15. The largest absolute Gasteiger partial charge is 0.107 e. The van der Waals surface area contributed by atoms with Crippen molar-refractivity contribution < 1.29 is 0 Å². The summed E-state index contributed by atoms with van der Waals surface area (Å²) in [6.45, 7) is 2.27. The topological polar surface area (TPSA) is 0 Å². The normalized spacial score (nSPS) is 17.6. The van der Waals surface area contributed by atoms with Gasteiger partial charge in [-0.05, 0) is 5.92 Å². The predicted molar refractivity (Wildman–Crippen MR) is 47.7 cm³/mol. The monoisotopic (exact) mass is 226 g/mol. The fraction of sp³-hybridized carbons (Fsp3) is 1.00. The lowest BCUT2D eigenvalue weighted by Crippen LogP contribution is -1.72. The van der Waals surface area contributed by atoms with Gasteiger partial charge < -0.3 is 0 Å². The zero-order valence-corrected chi connectivity index (χ0v) is 7.85. The van der Waals surface area contributed by atoms with Crippen molar-refractivity contribution >= 4 is 24.0 Å². The lowest BCUT2D eigenvalue weighted by Gasteiger charge is -1.88. The van der Waals surface area contributed by atoms with Crippen LogP contribution in [0.2, 0.25) is 0 Å². The molecule has 1 aliphatic carbocycles. The van der Waals surface area contributed by atoms with Crippen LogP contribution in [0.15, 0.2) is 0 Å². The van der Waals surface area contributed by atoms with E-state index in [-0.39, 0.29) is 24.0 Å². The molecule has 0 amide bonds. The molecular formula is C7H15I. The van der Waals surface area contributed by atoms with Gasteiger partial charge in [0.1, 0.15) is 0 Å². The van der Waals surface area contributed by atoms with E-state index in [1.165, 1.54) is 32.1 Å². The smallest absolute Gasteiger partial charge is 0.0414 e. The molecular weight excluding hydrogens is 211 g/mol. The van der Waals surface area contributed by atoms with Crippen molar-refractivity contribution in [2.45, 2.75) is 39.0 Å². The van der Waals surface area contributed by atoms with Crippen LogP contribution in [-0.4, -0.2) is 0 Å². The summed E-state index contributed by atoms with van der Waals surface area (Å²) >= 11 is 0. The molecule has 0 aromatic rings. The van der Waals surface area contributed by atoms with Gasteiger partial charge in [0.05, 0.1) is 0 Å². The van der Waals surface area contributed by atoms with Gasteiger partial charge in [-0.15, -0.1) is 24.0 Å². The highest BCUT2D eigenvalue weighted by atomic mass is 127. The van der Waals surface area contributed by atoms with Crippen LogP contribution >= 0.6 is 24.0 Å². The maximum absolute atomic E-state index is 2.27. The van der Waals surface area contributed by atoms with Crippen molar-refractivity contribution in [3.63, 3.8) is 0 Å². The molecule has 0 aliphatic heterocycles. The minimum Gasteiger partial charge on any atom is -0.107 e. The summed E-state index contributed by atoms with van der Waals surface area (Å²) in [4.78, 5) is 0. The molecule has 0 aromatic carbocycles. The minimum absolute atomic E-state index is 0. The Kier molecular flexibility index (Phi) is 5.01. The Bertz CT molecular complexity index is 48.3. The van der Waals surface area contributed by atoms with Crippen molar-refractivity contribution in [1.29, 1.82) is 0 Å². The number of halogens is 1. The van der Waals surface area contributed by atoms with Crippen LogP contribution in [0.5, 0.6) is 0 Å². The van der Waals surface area contributed by atoms with Crippen molar-refractivity contribution in [3.05, 3.63) is 0 Å². The minimum atomic E-state index is 0. The molecule has 0 bridgehead atoms. The van der Waals surface area contributed by atoms with E-state index in [0.29, 0.717) is 0 Å². The van der Waals surface area contributed by atoms with E-state index in [2.05, 4.69) is 6.92 Å². The molecule has 0 heterocycles. The summed E-state index contributed by atoms with van der Waals surface area (Å²) in [5, 5.41) is 0. The van der Waals surface area contributed by atoms with Gasteiger partial charge in [-0.25, -0.2) is 0 Å². The Balaban J connectivity index is 0.000000490. The van der Waals surface area contributed by atoms with E-state index in [1.54, 1.807) is 0 Å². The first kappa shape index (κ1) is 8.73. The summed E-state index contributed by atoms with van der Waals surface area (Å²) in [5.41, 5.74) is 0. The highest BCUT2D eigenvalue weighted by Gasteiger charge is 2.19. The lowest BCUT2D eigenvalue weighted by molar-refractivity contribution is 0.654. The molecule has 1 saturated carbocycles. The van der Waals surface area contributed by atoms with Crippen LogP contribution in [0, 0.1) is 5.92 Å². The molecule has 0 spiro atoms. The van der Waals surface area contributed by atoms with Gasteiger partial charge in [0, 0.05) is 0 Å². The standard InChI is InChI=1S/C7H14.HI/c1-2-3-4-7-5-6-7;/h7H,2-6H2,1H3;1H. The molecule has 1 heteroatoms. The number of hydrogen-bond acceptors (Lipinski definition) is 0. The second-order valence-corrected chi connectivity index (χ2v) is 2.59. The van der Waals surface area contributed by atoms with Crippen molar-refractivity contribution in [3.8, 4) is 0 Å². The molecule has 0 aromatic heterocycles. The number of unbranched alkanes of at least 4 members (excludes halogenated alkanes) is 1. The zero-order chi connectivity index (χ0) is 5.11. The van der Waals surface area contributed by atoms with Crippen molar-refractivity contribution in [2.24, 2.45) is 5.92 Å². The van der Waals surface area contributed by atoms with Crippen LogP contribution in [0.3, 0.4) is 0 Å². The van der Waals surface area contributed by atoms with Gasteiger partial charge in [-0.1, -0.05) is 39.0 Å². The van der Waals surface area contributed by atoms with Gasteiger partial charge >= 0.3 is 0 Å². The predicted octanol–water partition coefficient (Wildman–Crippen LogP) is 3.20. The van der Waals surface area contributed by atoms with E-state index in [9.17, 15) is 0 Å². The Morgan fingerprint density at radius 2 is 2.00 bits per heavy atom. The quantitative estimate of drug-likeness (QED) is 0.648. The van der Waals surface area contributed by atoms with Crippen LogP contribution in [0.4, 0.5) is 0 Å². The zero-order valence-electron chi connectivity index (χ0n) is 5.52. The Hall–Kier alpha value is 0.730. The summed E-state index contributed by atoms with van der Waals surface area (Å²) < 4.78 is 0. The third-order valence-corrected chi connectivity index (χ3v) is 1.66. The lowest BCUT2D eigenvalue weighted by atomic mass is 10.2. The molecule has 1 aliphatic rings. The molecule has 0 unspecified atom stereocenters. The maximum Gasteiger partial charge on any atom is -0.0414 e. The summed E-state index contributed by atoms with van der Waals surface area (Å²) in [6.07, 6.45) is 7.41. The van der Waals surface area contributed by atoms with Gasteiger partial charge in [-0.2, -0.15) is 0 Å². The van der Waals surface area contributed by atoms with Gasteiger partial charge in [-0.3, -0.25) is 0 Å².